The number of benzene rings is 1. The molecule has 100 valence electrons. The Balaban J connectivity index is 2.04. The van der Waals surface area contributed by atoms with Crippen LogP contribution >= 0.6 is 11.6 Å². The molecule has 1 aliphatic heterocycles. The van der Waals surface area contributed by atoms with E-state index in [1.54, 1.807) is 0 Å². The molecule has 3 unspecified atom stereocenters. The van der Waals surface area contributed by atoms with Gasteiger partial charge in [0.2, 0.25) is 0 Å². The summed E-state index contributed by atoms with van der Waals surface area (Å²) < 4.78 is 5.71. The van der Waals surface area contributed by atoms with E-state index in [-0.39, 0.29) is 6.04 Å². The van der Waals surface area contributed by atoms with Gasteiger partial charge in [0.1, 0.15) is 0 Å². The monoisotopic (exact) mass is 267 g/mol. The first kappa shape index (κ1) is 13.9. The Bertz CT molecular complexity index is 407. The van der Waals surface area contributed by atoms with Crippen LogP contribution < -0.4 is 5.73 Å². The topological polar surface area (TPSA) is 35.2 Å². The largest absolute Gasteiger partial charge is 0.378 e. The van der Waals surface area contributed by atoms with Gasteiger partial charge in [-0.2, -0.15) is 0 Å². The van der Waals surface area contributed by atoms with Crippen molar-refractivity contribution < 1.29 is 4.74 Å². The molecule has 1 aromatic rings. The fourth-order valence-electron chi connectivity index (χ4n) is 2.80. The average molecular weight is 268 g/mol. The van der Waals surface area contributed by atoms with E-state index in [1.807, 2.05) is 13.0 Å². The minimum Gasteiger partial charge on any atom is -0.378 e. The zero-order valence-corrected chi connectivity index (χ0v) is 11.9. The molecule has 0 saturated carbocycles. The van der Waals surface area contributed by atoms with Gasteiger partial charge in [0, 0.05) is 23.6 Å². The quantitative estimate of drug-likeness (QED) is 0.908. The number of rotatable bonds is 4. The number of aryl methyl sites for hydroxylation is 1. The summed E-state index contributed by atoms with van der Waals surface area (Å²) in [4.78, 5) is 0. The van der Waals surface area contributed by atoms with Crippen LogP contribution in [0.4, 0.5) is 0 Å². The van der Waals surface area contributed by atoms with Gasteiger partial charge in [-0.05, 0) is 43.4 Å². The lowest BCUT2D eigenvalue weighted by molar-refractivity contribution is 0.0814. The maximum absolute atomic E-state index is 6.35. The van der Waals surface area contributed by atoms with Crippen LogP contribution in [-0.4, -0.2) is 18.8 Å². The molecule has 1 aromatic carbocycles. The highest BCUT2D eigenvalue weighted by atomic mass is 35.5. The van der Waals surface area contributed by atoms with E-state index in [0.29, 0.717) is 12.0 Å². The minimum absolute atomic E-state index is 0.137. The second-order valence-corrected chi connectivity index (χ2v) is 5.64. The normalized spacial score (nSPS) is 25.3. The lowest BCUT2D eigenvalue weighted by Gasteiger charge is -2.24. The highest BCUT2D eigenvalue weighted by Gasteiger charge is 2.31. The molecule has 3 heteroatoms. The summed E-state index contributed by atoms with van der Waals surface area (Å²) in [7, 11) is 0. The van der Waals surface area contributed by atoms with Gasteiger partial charge in [-0.3, -0.25) is 0 Å². The standard InChI is InChI=1S/C15H22ClNO/c1-3-15-12(6-7-18-15)14(17)9-11-5-4-10(2)8-13(11)16/h4-5,8,12,14-15H,3,6-7,9,17H2,1-2H3. The highest BCUT2D eigenvalue weighted by Crippen LogP contribution is 2.28. The second-order valence-electron chi connectivity index (χ2n) is 5.23. The fourth-order valence-corrected chi connectivity index (χ4v) is 3.11. The molecule has 0 radical (unpaired) electrons. The Hall–Kier alpha value is -0.570. The minimum atomic E-state index is 0.137. The van der Waals surface area contributed by atoms with Crippen molar-refractivity contribution in [3.05, 3.63) is 34.3 Å². The van der Waals surface area contributed by atoms with Crippen LogP contribution in [0.3, 0.4) is 0 Å². The Morgan fingerprint density at radius 1 is 1.50 bits per heavy atom. The molecule has 0 amide bonds. The van der Waals surface area contributed by atoms with E-state index in [9.17, 15) is 0 Å². The first-order valence-electron chi connectivity index (χ1n) is 6.74. The van der Waals surface area contributed by atoms with E-state index in [0.717, 1.165) is 36.5 Å². The number of halogens is 1. The number of hydrogen-bond acceptors (Lipinski definition) is 2. The lowest BCUT2D eigenvalue weighted by atomic mass is 9.88. The van der Waals surface area contributed by atoms with Crippen LogP contribution in [0.25, 0.3) is 0 Å². The first-order chi connectivity index (χ1) is 8.61. The van der Waals surface area contributed by atoms with Crippen molar-refractivity contribution in [1.29, 1.82) is 0 Å². The molecule has 3 atom stereocenters. The Kier molecular flexibility index (Phi) is 4.66. The van der Waals surface area contributed by atoms with Gasteiger partial charge in [-0.25, -0.2) is 0 Å². The third kappa shape index (κ3) is 3.05. The molecule has 0 aliphatic carbocycles. The maximum atomic E-state index is 6.35. The van der Waals surface area contributed by atoms with Crippen LogP contribution in [0, 0.1) is 12.8 Å². The van der Waals surface area contributed by atoms with Gasteiger partial charge in [0.15, 0.2) is 0 Å². The number of ether oxygens (including phenoxy) is 1. The van der Waals surface area contributed by atoms with Gasteiger partial charge >= 0.3 is 0 Å². The molecule has 1 heterocycles. The van der Waals surface area contributed by atoms with Gasteiger partial charge < -0.3 is 10.5 Å². The van der Waals surface area contributed by atoms with Crippen molar-refractivity contribution in [3.63, 3.8) is 0 Å². The number of hydrogen-bond donors (Lipinski definition) is 1. The zero-order valence-electron chi connectivity index (χ0n) is 11.2. The molecule has 1 saturated heterocycles. The van der Waals surface area contributed by atoms with E-state index in [2.05, 4.69) is 19.1 Å². The van der Waals surface area contributed by atoms with Gasteiger partial charge in [0.25, 0.3) is 0 Å². The summed E-state index contributed by atoms with van der Waals surface area (Å²) in [6.07, 6.45) is 3.27. The van der Waals surface area contributed by atoms with Crippen molar-refractivity contribution in [2.75, 3.05) is 6.61 Å². The van der Waals surface area contributed by atoms with Crippen LogP contribution in [0.5, 0.6) is 0 Å². The predicted octanol–water partition coefficient (Wildman–Crippen LogP) is 3.33. The molecule has 0 spiro atoms. The molecular formula is C15H22ClNO. The summed E-state index contributed by atoms with van der Waals surface area (Å²) in [6, 6.07) is 6.33. The van der Waals surface area contributed by atoms with Crippen LogP contribution in [0.1, 0.15) is 30.9 Å². The van der Waals surface area contributed by atoms with Gasteiger partial charge in [-0.15, -0.1) is 0 Å². The van der Waals surface area contributed by atoms with Gasteiger partial charge in [-0.1, -0.05) is 30.7 Å². The van der Waals surface area contributed by atoms with E-state index < -0.39 is 0 Å². The van der Waals surface area contributed by atoms with Crippen LogP contribution in [0.2, 0.25) is 5.02 Å². The molecule has 1 fully saturated rings. The third-order valence-electron chi connectivity index (χ3n) is 3.88. The Labute approximate surface area is 114 Å². The summed E-state index contributed by atoms with van der Waals surface area (Å²) in [6.45, 7) is 5.06. The Morgan fingerprint density at radius 3 is 2.94 bits per heavy atom. The molecule has 1 aliphatic rings. The summed E-state index contributed by atoms with van der Waals surface area (Å²) in [5, 5.41) is 0.831. The predicted molar refractivity (Wildman–Crippen MR) is 76.0 cm³/mol. The summed E-state index contributed by atoms with van der Waals surface area (Å²) in [5.41, 5.74) is 8.68. The molecule has 2 N–H and O–H groups in total. The average Bonchev–Trinajstić information content (AvgIpc) is 2.81. The zero-order chi connectivity index (χ0) is 13.1. The van der Waals surface area contributed by atoms with Gasteiger partial charge in [0.05, 0.1) is 6.10 Å². The van der Waals surface area contributed by atoms with Crippen molar-refractivity contribution in [2.45, 2.75) is 45.3 Å². The number of nitrogens with two attached hydrogens (primary N) is 1. The van der Waals surface area contributed by atoms with Crippen LogP contribution in [-0.2, 0) is 11.2 Å². The van der Waals surface area contributed by atoms with Crippen molar-refractivity contribution in [3.8, 4) is 0 Å². The SMILES string of the molecule is CCC1OCCC1C(N)Cc1ccc(C)cc1Cl. The molecule has 2 nitrogen and oxygen atoms in total. The summed E-state index contributed by atoms with van der Waals surface area (Å²) in [5.74, 6) is 0.465. The van der Waals surface area contributed by atoms with E-state index in [1.165, 1.54) is 5.56 Å². The summed E-state index contributed by atoms with van der Waals surface area (Å²) >= 11 is 6.26. The fraction of sp³-hybridized carbons (Fsp3) is 0.600. The third-order valence-corrected chi connectivity index (χ3v) is 4.23. The molecule has 2 rings (SSSR count). The highest BCUT2D eigenvalue weighted by molar-refractivity contribution is 6.31. The molecule has 0 aromatic heterocycles. The smallest absolute Gasteiger partial charge is 0.0616 e. The maximum Gasteiger partial charge on any atom is 0.0616 e. The van der Waals surface area contributed by atoms with Crippen molar-refractivity contribution in [2.24, 2.45) is 11.7 Å². The molecular weight excluding hydrogens is 246 g/mol. The second kappa shape index (κ2) is 6.05. The van der Waals surface area contributed by atoms with Crippen molar-refractivity contribution in [1.82, 2.24) is 0 Å². The van der Waals surface area contributed by atoms with Crippen molar-refractivity contribution >= 4 is 11.6 Å². The lowest BCUT2D eigenvalue weighted by Crippen LogP contribution is -2.37. The molecule has 18 heavy (non-hydrogen) atoms. The Morgan fingerprint density at radius 2 is 2.28 bits per heavy atom. The molecule has 0 bridgehead atoms. The van der Waals surface area contributed by atoms with E-state index >= 15 is 0 Å². The first-order valence-corrected chi connectivity index (χ1v) is 7.11. The van der Waals surface area contributed by atoms with E-state index in [4.69, 9.17) is 22.1 Å². The van der Waals surface area contributed by atoms with Crippen LogP contribution in [0.15, 0.2) is 18.2 Å².